The van der Waals surface area contributed by atoms with Gasteiger partial charge in [-0.3, -0.25) is 0 Å². The maximum Gasteiger partial charge on any atom is 0.315 e. The zero-order valence-corrected chi connectivity index (χ0v) is 13.5. The van der Waals surface area contributed by atoms with Crippen LogP contribution in [0.5, 0.6) is 0 Å². The van der Waals surface area contributed by atoms with Gasteiger partial charge in [0.15, 0.2) is 0 Å². The Balaban J connectivity index is 1.88. The Labute approximate surface area is 139 Å². The van der Waals surface area contributed by atoms with E-state index < -0.39 is 0 Å². The van der Waals surface area contributed by atoms with Crippen molar-refractivity contribution in [1.82, 2.24) is 20.8 Å². The summed E-state index contributed by atoms with van der Waals surface area (Å²) in [6, 6.07) is 6.70. The van der Waals surface area contributed by atoms with Crippen LogP contribution in [0.15, 0.2) is 28.8 Å². The second kappa shape index (κ2) is 8.50. The quantitative estimate of drug-likeness (QED) is 0.719. The lowest BCUT2D eigenvalue weighted by atomic mass is 10.2. The third-order valence-electron chi connectivity index (χ3n) is 3.26. The second-order valence-corrected chi connectivity index (χ2v) is 5.40. The highest BCUT2D eigenvalue weighted by atomic mass is 35.5. The average molecular weight is 339 g/mol. The number of nitrogens with one attached hydrogen (secondary N) is 2. The third kappa shape index (κ3) is 5.22. The van der Waals surface area contributed by atoms with Crippen molar-refractivity contribution in [2.75, 3.05) is 6.61 Å². The maximum absolute atomic E-state index is 11.8. The lowest BCUT2D eigenvalue weighted by molar-refractivity contribution is 0.226. The number of benzene rings is 1. The Bertz CT molecular complexity index is 647. The van der Waals surface area contributed by atoms with Gasteiger partial charge in [0.05, 0.1) is 6.54 Å². The van der Waals surface area contributed by atoms with Crippen molar-refractivity contribution in [3.8, 4) is 11.4 Å². The molecule has 0 aliphatic heterocycles. The van der Waals surface area contributed by atoms with Crippen molar-refractivity contribution in [3.05, 3.63) is 35.2 Å². The summed E-state index contributed by atoms with van der Waals surface area (Å²) < 4.78 is 5.10. The molecule has 1 heterocycles. The Kier molecular flexibility index (Phi) is 6.37. The van der Waals surface area contributed by atoms with Gasteiger partial charge in [-0.2, -0.15) is 4.98 Å². The molecule has 0 radical (unpaired) electrons. The number of rotatable bonds is 7. The number of hydrogen-bond acceptors (Lipinski definition) is 5. The topological polar surface area (TPSA) is 100 Å². The number of aliphatic hydroxyl groups is 1. The molecule has 0 aliphatic carbocycles. The Morgan fingerprint density at radius 2 is 2.30 bits per heavy atom. The molecule has 1 aromatic carbocycles. The van der Waals surface area contributed by atoms with Gasteiger partial charge in [-0.05, 0) is 25.0 Å². The summed E-state index contributed by atoms with van der Waals surface area (Å²) >= 11 is 5.92. The predicted octanol–water partition coefficient (Wildman–Crippen LogP) is 2.35. The minimum Gasteiger partial charge on any atom is -0.396 e. The van der Waals surface area contributed by atoms with Crippen molar-refractivity contribution in [3.63, 3.8) is 0 Å². The summed E-state index contributed by atoms with van der Waals surface area (Å²) in [5.74, 6) is 0.710. The third-order valence-corrected chi connectivity index (χ3v) is 3.49. The van der Waals surface area contributed by atoms with E-state index in [-0.39, 0.29) is 25.2 Å². The summed E-state index contributed by atoms with van der Waals surface area (Å²) in [4.78, 5) is 16.0. The van der Waals surface area contributed by atoms with E-state index in [1.165, 1.54) is 0 Å². The summed E-state index contributed by atoms with van der Waals surface area (Å²) in [6.07, 6.45) is 1.26. The normalized spacial score (nSPS) is 12.0. The zero-order chi connectivity index (χ0) is 16.7. The smallest absolute Gasteiger partial charge is 0.315 e. The van der Waals surface area contributed by atoms with E-state index >= 15 is 0 Å². The van der Waals surface area contributed by atoms with E-state index in [4.69, 9.17) is 21.2 Å². The van der Waals surface area contributed by atoms with Gasteiger partial charge in [0.1, 0.15) is 0 Å². The first kappa shape index (κ1) is 17.2. The zero-order valence-electron chi connectivity index (χ0n) is 12.8. The van der Waals surface area contributed by atoms with Gasteiger partial charge in [0.25, 0.3) is 0 Å². The van der Waals surface area contributed by atoms with Gasteiger partial charge in [-0.25, -0.2) is 4.79 Å². The van der Waals surface area contributed by atoms with Crippen LogP contribution in [-0.2, 0) is 6.54 Å². The van der Waals surface area contributed by atoms with Crippen molar-refractivity contribution in [2.45, 2.75) is 32.4 Å². The van der Waals surface area contributed by atoms with E-state index in [0.29, 0.717) is 23.2 Å². The Morgan fingerprint density at radius 3 is 3.00 bits per heavy atom. The highest BCUT2D eigenvalue weighted by Gasteiger charge is 2.12. The van der Waals surface area contributed by atoms with Gasteiger partial charge in [0, 0.05) is 23.2 Å². The number of aromatic nitrogens is 2. The summed E-state index contributed by atoms with van der Waals surface area (Å²) in [6.45, 7) is 2.09. The van der Waals surface area contributed by atoms with E-state index in [1.54, 1.807) is 18.2 Å². The molecular weight excluding hydrogens is 320 g/mol. The number of aliphatic hydroxyl groups excluding tert-OH is 1. The van der Waals surface area contributed by atoms with Crippen LogP contribution < -0.4 is 10.6 Å². The molecule has 2 rings (SSSR count). The molecule has 1 aromatic heterocycles. The van der Waals surface area contributed by atoms with E-state index in [2.05, 4.69) is 20.8 Å². The van der Waals surface area contributed by atoms with Crippen molar-refractivity contribution in [1.29, 1.82) is 0 Å². The van der Waals surface area contributed by atoms with Crippen LogP contribution in [0.1, 0.15) is 25.7 Å². The van der Waals surface area contributed by atoms with Crippen LogP contribution in [-0.4, -0.2) is 33.9 Å². The number of amides is 2. The maximum atomic E-state index is 11.8. The van der Waals surface area contributed by atoms with Gasteiger partial charge < -0.3 is 20.3 Å². The molecule has 2 amide bonds. The highest BCUT2D eigenvalue weighted by molar-refractivity contribution is 6.30. The van der Waals surface area contributed by atoms with Crippen molar-refractivity contribution in [2.24, 2.45) is 0 Å². The largest absolute Gasteiger partial charge is 0.396 e. The highest BCUT2D eigenvalue weighted by Crippen LogP contribution is 2.19. The molecule has 0 fully saturated rings. The molecule has 0 bridgehead atoms. The van der Waals surface area contributed by atoms with Crippen LogP contribution in [0.3, 0.4) is 0 Å². The van der Waals surface area contributed by atoms with Gasteiger partial charge in [-0.15, -0.1) is 0 Å². The molecule has 1 unspecified atom stereocenters. The SMILES string of the molecule is CCC(CCO)NC(=O)NCc1nc(-c2cccc(Cl)c2)no1. The molecule has 0 saturated heterocycles. The minimum absolute atomic E-state index is 0.0332. The molecule has 0 saturated carbocycles. The fourth-order valence-electron chi connectivity index (χ4n) is 2.00. The molecule has 7 nitrogen and oxygen atoms in total. The first-order valence-electron chi connectivity index (χ1n) is 7.36. The van der Waals surface area contributed by atoms with Crippen molar-refractivity contribution < 1.29 is 14.4 Å². The number of nitrogens with zero attached hydrogens (tertiary/aromatic N) is 2. The molecule has 8 heteroatoms. The molecular formula is C15H19ClN4O3. The van der Waals surface area contributed by atoms with E-state index in [1.807, 2.05) is 13.0 Å². The molecule has 0 aliphatic rings. The van der Waals surface area contributed by atoms with Gasteiger partial charge >= 0.3 is 6.03 Å². The summed E-state index contributed by atoms with van der Waals surface area (Å²) in [5.41, 5.74) is 0.742. The molecule has 2 aromatic rings. The van der Waals surface area contributed by atoms with Crippen LogP contribution >= 0.6 is 11.6 Å². The van der Waals surface area contributed by atoms with Crippen LogP contribution in [0.25, 0.3) is 11.4 Å². The number of carbonyl (C=O) groups is 1. The lowest BCUT2D eigenvalue weighted by Gasteiger charge is -2.15. The number of carbonyl (C=O) groups excluding carboxylic acids is 1. The first-order valence-corrected chi connectivity index (χ1v) is 7.74. The lowest BCUT2D eigenvalue weighted by Crippen LogP contribution is -2.41. The minimum atomic E-state index is -0.340. The Hall–Kier alpha value is -2.12. The van der Waals surface area contributed by atoms with Gasteiger partial charge in [0.2, 0.25) is 11.7 Å². The van der Waals surface area contributed by atoms with E-state index in [0.717, 1.165) is 12.0 Å². The Morgan fingerprint density at radius 1 is 1.48 bits per heavy atom. The van der Waals surface area contributed by atoms with Gasteiger partial charge in [-0.1, -0.05) is 35.8 Å². The summed E-state index contributed by atoms with van der Waals surface area (Å²) in [7, 11) is 0. The average Bonchev–Trinajstić information content (AvgIpc) is 3.01. The van der Waals surface area contributed by atoms with Crippen LogP contribution in [0.2, 0.25) is 5.02 Å². The van der Waals surface area contributed by atoms with Crippen LogP contribution in [0.4, 0.5) is 4.79 Å². The van der Waals surface area contributed by atoms with E-state index in [9.17, 15) is 4.79 Å². The molecule has 1 atom stereocenters. The monoisotopic (exact) mass is 338 g/mol. The summed E-state index contributed by atoms with van der Waals surface area (Å²) in [5, 5.41) is 18.8. The molecule has 124 valence electrons. The van der Waals surface area contributed by atoms with Crippen molar-refractivity contribution >= 4 is 17.6 Å². The van der Waals surface area contributed by atoms with Crippen LogP contribution in [0, 0.1) is 0 Å². The second-order valence-electron chi connectivity index (χ2n) is 4.97. The fourth-order valence-corrected chi connectivity index (χ4v) is 2.19. The fraction of sp³-hybridized carbons (Fsp3) is 0.400. The number of urea groups is 1. The molecule has 3 N–H and O–H groups in total. The predicted molar refractivity (Wildman–Crippen MR) is 85.9 cm³/mol. The number of halogens is 1. The molecule has 23 heavy (non-hydrogen) atoms. The number of hydrogen-bond donors (Lipinski definition) is 3. The molecule has 0 spiro atoms. The standard InChI is InChI=1S/C15H19ClN4O3/c1-2-12(6-7-21)18-15(22)17-9-13-19-14(20-23-13)10-4-3-5-11(16)8-10/h3-5,8,12,21H,2,6-7,9H2,1H3,(H2,17,18,22). The first-order chi connectivity index (χ1) is 11.1.